The maximum Gasteiger partial charge on any atom is 0.308 e. The molecule has 8 rings (SSSR count). The molecule has 2 bridgehead atoms. The highest BCUT2D eigenvalue weighted by Gasteiger charge is 2.69. The minimum Gasteiger partial charge on any atom is -0.493 e. The van der Waals surface area contributed by atoms with Crippen LogP contribution >= 0.6 is 23.1 Å². The predicted octanol–water partition coefficient (Wildman–Crippen LogP) is 5.86. The molecule has 2 aliphatic heterocycles. The second-order valence-corrected chi connectivity index (χ2v) is 15.4. The van der Waals surface area contributed by atoms with Crippen LogP contribution < -0.4 is 24.6 Å². The number of hydrogen-bond acceptors (Lipinski definition) is 8. The van der Waals surface area contributed by atoms with E-state index in [1.807, 2.05) is 80.6 Å². The topological polar surface area (TPSA) is 107 Å². The Hall–Kier alpha value is -4.35. The number of amides is 3. The zero-order valence-corrected chi connectivity index (χ0v) is 28.6. The van der Waals surface area contributed by atoms with Crippen molar-refractivity contribution >= 4 is 52.2 Å². The summed E-state index contributed by atoms with van der Waals surface area (Å²) in [6.07, 6.45) is 0.772. The van der Waals surface area contributed by atoms with Gasteiger partial charge >= 0.3 is 4.87 Å². The Balaban J connectivity index is 1.20. The van der Waals surface area contributed by atoms with Crippen LogP contribution in [-0.4, -0.2) is 41.8 Å². The van der Waals surface area contributed by atoms with Crippen molar-refractivity contribution in [1.29, 1.82) is 0 Å². The van der Waals surface area contributed by atoms with Gasteiger partial charge in [0.25, 0.3) is 0 Å². The van der Waals surface area contributed by atoms with Crippen LogP contribution in [0.25, 0.3) is 0 Å². The van der Waals surface area contributed by atoms with E-state index in [1.165, 1.54) is 16.2 Å². The summed E-state index contributed by atoms with van der Waals surface area (Å²) in [5.41, 5.74) is 4.33. The van der Waals surface area contributed by atoms with Gasteiger partial charge in [0.15, 0.2) is 11.5 Å². The Morgan fingerprint density at radius 3 is 2.31 bits per heavy atom. The summed E-state index contributed by atoms with van der Waals surface area (Å²) in [5, 5.41) is 3.69. The van der Waals surface area contributed by atoms with Gasteiger partial charge in [0.2, 0.25) is 17.7 Å². The van der Waals surface area contributed by atoms with Crippen LogP contribution in [0.4, 0.5) is 11.4 Å². The third kappa shape index (κ3) is 4.73. The number of anilines is 2. The number of carbonyl (C=O) groups is 3. The van der Waals surface area contributed by atoms with E-state index in [2.05, 4.69) is 5.32 Å². The number of aryl methyl sites for hydroxylation is 2. The first-order valence-corrected chi connectivity index (χ1v) is 17.8. The van der Waals surface area contributed by atoms with Gasteiger partial charge in [0.05, 0.1) is 36.8 Å². The summed E-state index contributed by atoms with van der Waals surface area (Å²) in [4.78, 5) is 57.3. The fourth-order valence-corrected chi connectivity index (χ4v) is 11.8. The maximum absolute atomic E-state index is 14.1. The van der Waals surface area contributed by atoms with Gasteiger partial charge in [0.1, 0.15) is 6.54 Å². The summed E-state index contributed by atoms with van der Waals surface area (Å²) in [7, 11) is 3.19. The Labute approximate surface area is 286 Å². The molecule has 9 nitrogen and oxygen atoms in total. The number of thiazole rings is 1. The SMILES string of the molecule is COc1ccc(C2c3sc(=O)n(CC(=O)Nc4cccc(C)c4)c3SC3C4CC(C5C(=O)N(c6ccc(C)cc6)C(=O)C45)C23)cc1OC. The van der Waals surface area contributed by atoms with Crippen molar-refractivity contribution in [1.82, 2.24) is 4.57 Å². The highest BCUT2D eigenvalue weighted by atomic mass is 32.2. The van der Waals surface area contributed by atoms with E-state index in [-0.39, 0.29) is 58.1 Å². The monoisotopic (exact) mass is 681 g/mol. The number of methoxy groups -OCH3 is 2. The van der Waals surface area contributed by atoms with Crippen LogP contribution in [0.1, 0.15) is 33.9 Å². The zero-order chi connectivity index (χ0) is 33.4. The molecule has 7 atom stereocenters. The van der Waals surface area contributed by atoms with Gasteiger partial charge in [-0.25, -0.2) is 0 Å². The van der Waals surface area contributed by atoms with E-state index >= 15 is 0 Å². The molecule has 1 N–H and O–H groups in total. The Morgan fingerprint density at radius 1 is 0.875 bits per heavy atom. The number of benzene rings is 3. The summed E-state index contributed by atoms with van der Waals surface area (Å²) >= 11 is 2.78. The smallest absolute Gasteiger partial charge is 0.308 e. The molecule has 3 fully saturated rings. The third-order valence-corrected chi connectivity index (χ3v) is 13.4. The Bertz CT molecular complexity index is 2040. The van der Waals surface area contributed by atoms with Crippen LogP contribution in [0.5, 0.6) is 11.5 Å². The molecule has 7 unspecified atom stereocenters. The minimum atomic E-state index is -0.409. The van der Waals surface area contributed by atoms with E-state index in [4.69, 9.17) is 9.47 Å². The summed E-state index contributed by atoms with van der Waals surface area (Å²) in [6, 6.07) is 20.9. The largest absolute Gasteiger partial charge is 0.493 e. The van der Waals surface area contributed by atoms with Crippen molar-refractivity contribution in [3.8, 4) is 11.5 Å². The van der Waals surface area contributed by atoms with E-state index < -0.39 is 11.8 Å². The molecular weight excluding hydrogens is 647 g/mol. The van der Waals surface area contributed by atoms with Crippen LogP contribution in [0.2, 0.25) is 0 Å². The van der Waals surface area contributed by atoms with Crippen molar-refractivity contribution in [2.24, 2.45) is 29.6 Å². The number of thioether (sulfide) groups is 1. The van der Waals surface area contributed by atoms with Crippen molar-refractivity contribution < 1.29 is 23.9 Å². The van der Waals surface area contributed by atoms with Crippen LogP contribution in [0, 0.1) is 43.4 Å². The van der Waals surface area contributed by atoms with Crippen molar-refractivity contribution in [2.45, 2.75) is 43.0 Å². The zero-order valence-electron chi connectivity index (χ0n) is 27.0. The minimum absolute atomic E-state index is 0.00851. The number of aromatic nitrogens is 1. The number of imide groups is 1. The molecule has 3 heterocycles. The number of nitrogens with one attached hydrogen (secondary N) is 1. The standard InChI is InChI=1S/C37H35N3O6S2/c1-18-8-11-22(12-9-18)40-34(42)30-23-16-24(31(30)35(40)43)32-29(23)28(20-10-13-25(45-3)26(15-20)46-4)33-36(47-32)39(37(44)48-33)17-27(41)38-21-7-5-6-19(2)14-21/h5-15,23-24,28-32H,16-17H2,1-4H3,(H,38,41). The Morgan fingerprint density at radius 2 is 1.60 bits per heavy atom. The van der Waals surface area contributed by atoms with Crippen LogP contribution in [-0.2, 0) is 20.9 Å². The lowest BCUT2D eigenvalue weighted by Crippen LogP contribution is -2.43. The number of rotatable bonds is 7. The highest BCUT2D eigenvalue weighted by Crippen LogP contribution is 2.69. The van der Waals surface area contributed by atoms with Gasteiger partial charge in [-0.3, -0.25) is 28.6 Å². The molecule has 48 heavy (non-hydrogen) atoms. The second kappa shape index (κ2) is 11.7. The normalized spacial score (nSPS) is 26.7. The molecule has 4 aliphatic rings. The molecule has 11 heteroatoms. The molecule has 2 saturated carbocycles. The second-order valence-electron chi connectivity index (χ2n) is 13.3. The number of carbonyl (C=O) groups excluding carboxylic acids is 3. The van der Waals surface area contributed by atoms with Crippen molar-refractivity contribution in [3.63, 3.8) is 0 Å². The number of hydrogen-bond donors (Lipinski definition) is 1. The molecule has 246 valence electrons. The Kier molecular flexibility index (Phi) is 7.52. The first-order valence-electron chi connectivity index (χ1n) is 16.1. The molecule has 4 aromatic rings. The fraction of sp³-hybridized carbons (Fsp3) is 0.351. The molecule has 0 radical (unpaired) electrons. The van der Waals surface area contributed by atoms with Crippen LogP contribution in [0.3, 0.4) is 0 Å². The summed E-state index contributed by atoms with van der Waals surface area (Å²) in [5.74, 6) is -0.474. The van der Waals surface area contributed by atoms with Crippen molar-refractivity contribution in [3.05, 3.63) is 98.0 Å². The summed E-state index contributed by atoms with van der Waals surface area (Å²) < 4.78 is 12.8. The van der Waals surface area contributed by atoms with E-state index in [9.17, 15) is 19.2 Å². The van der Waals surface area contributed by atoms with E-state index in [0.717, 1.165) is 33.0 Å². The molecular formula is C37H35N3O6S2. The number of ether oxygens (including phenoxy) is 2. The van der Waals surface area contributed by atoms with E-state index in [1.54, 1.807) is 30.5 Å². The molecule has 1 aromatic heterocycles. The molecule has 3 aromatic carbocycles. The van der Waals surface area contributed by atoms with E-state index in [0.29, 0.717) is 22.9 Å². The first kappa shape index (κ1) is 31.0. The van der Waals surface area contributed by atoms with Gasteiger partial charge in [-0.1, -0.05) is 47.2 Å². The molecule has 1 saturated heterocycles. The number of fused-ring (bicyclic) bond motifs is 9. The highest BCUT2D eigenvalue weighted by molar-refractivity contribution is 8.00. The van der Waals surface area contributed by atoms with Crippen molar-refractivity contribution in [2.75, 3.05) is 24.4 Å². The lowest BCUT2D eigenvalue weighted by molar-refractivity contribution is -0.123. The maximum atomic E-state index is 14.1. The van der Waals surface area contributed by atoms with Gasteiger partial charge in [-0.15, -0.1) is 11.8 Å². The average molecular weight is 682 g/mol. The molecule has 0 spiro atoms. The molecule has 3 amide bonds. The lowest BCUT2D eigenvalue weighted by atomic mass is 9.68. The van der Waals surface area contributed by atoms with Gasteiger partial charge in [0, 0.05) is 21.7 Å². The summed E-state index contributed by atoms with van der Waals surface area (Å²) in [6.45, 7) is 3.81. The molecule has 2 aliphatic carbocycles. The number of nitrogens with zero attached hydrogens (tertiary/aromatic N) is 2. The van der Waals surface area contributed by atoms with Gasteiger partial charge < -0.3 is 14.8 Å². The fourth-order valence-electron chi connectivity index (χ4n) is 8.69. The lowest BCUT2D eigenvalue weighted by Gasteiger charge is -2.43. The average Bonchev–Trinajstić information content (AvgIpc) is 3.79. The predicted molar refractivity (Wildman–Crippen MR) is 185 cm³/mol. The van der Waals surface area contributed by atoms with Crippen LogP contribution in [0.15, 0.2) is 76.6 Å². The van der Waals surface area contributed by atoms with Gasteiger partial charge in [-0.05, 0) is 85.5 Å². The third-order valence-electron chi connectivity index (χ3n) is 10.6. The first-order chi connectivity index (χ1) is 23.2. The quantitative estimate of drug-likeness (QED) is 0.244. The van der Waals surface area contributed by atoms with Gasteiger partial charge in [-0.2, -0.15) is 0 Å².